The third-order valence-corrected chi connectivity index (χ3v) is 3.39. The molecule has 2 N–H and O–H groups in total. The third-order valence-electron chi connectivity index (χ3n) is 3.39. The molecule has 3 heteroatoms. The van der Waals surface area contributed by atoms with Gasteiger partial charge in [-0.1, -0.05) is 19.9 Å². The standard InChI is InChI=1S/C13H19FN2/c1-9(2)13(8-15)16-6-5-10-3-4-11(14)7-12(10)16/h3-4,7,9,13H,5-6,8,15H2,1-2H3. The Morgan fingerprint density at radius 2 is 2.19 bits per heavy atom. The molecule has 1 aliphatic heterocycles. The molecule has 1 heterocycles. The number of benzene rings is 1. The number of fused-ring (bicyclic) bond motifs is 1. The van der Waals surface area contributed by atoms with Gasteiger partial charge in [-0.25, -0.2) is 4.39 Å². The predicted molar refractivity (Wildman–Crippen MR) is 65.1 cm³/mol. The SMILES string of the molecule is CC(C)C(CN)N1CCc2ccc(F)cc21. The minimum atomic E-state index is -0.162. The van der Waals surface area contributed by atoms with Gasteiger partial charge in [0.1, 0.15) is 5.82 Å². The highest BCUT2D eigenvalue weighted by molar-refractivity contribution is 5.59. The number of nitrogens with zero attached hydrogens (tertiary/aromatic N) is 1. The Morgan fingerprint density at radius 3 is 2.81 bits per heavy atom. The van der Waals surface area contributed by atoms with Gasteiger partial charge in [0.15, 0.2) is 0 Å². The van der Waals surface area contributed by atoms with E-state index in [1.54, 1.807) is 6.07 Å². The van der Waals surface area contributed by atoms with Crippen molar-refractivity contribution >= 4 is 5.69 Å². The molecule has 88 valence electrons. The van der Waals surface area contributed by atoms with Crippen LogP contribution in [0.3, 0.4) is 0 Å². The van der Waals surface area contributed by atoms with Crippen LogP contribution in [0.2, 0.25) is 0 Å². The van der Waals surface area contributed by atoms with E-state index in [1.807, 2.05) is 6.07 Å². The van der Waals surface area contributed by atoms with E-state index in [9.17, 15) is 4.39 Å². The summed E-state index contributed by atoms with van der Waals surface area (Å²) in [6, 6.07) is 5.37. The van der Waals surface area contributed by atoms with E-state index in [4.69, 9.17) is 5.73 Å². The van der Waals surface area contributed by atoms with E-state index in [0.717, 1.165) is 18.7 Å². The van der Waals surface area contributed by atoms with Crippen LogP contribution in [0.25, 0.3) is 0 Å². The quantitative estimate of drug-likeness (QED) is 0.849. The maximum Gasteiger partial charge on any atom is 0.125 e. The molecule has 0 bridgehead atoms. The molecule has 0 aromatic heterocycles. The fourth-order valence-corrected chi connectivity index (χ4v) is 2.48. The number of nitrogens with two attached hydrogens (primary N) is 1. The molecule has 0 radical (unpaired) electrons. The molecule has 0 aliphatic carbocycles. The second kappa shape index (κ2) is 4.42. The third kappa shape index (κ3) is 1.92. The molecular weight excluding hydrogens is 203 g/mol. The van der Waals surface area contributed by atoms with E-state index < -0.39 is 0 Å². The van der Waals surface area contributed by atoms with E-state index in [-0.39, 0.29) is 5.82 Å². The van der Waals surface area contributed by atoms with E-state index >= 15 is 0 Å². The summed E-state index contributed by atoms with van der Waals surface area (Å²) in [4.78, 5) is 2.25. The fraction of sp³-hybridized carbons (Fsp3) is 0.538. The van der Waals surface area contributed by atoms with Gasteiger partial charge in [-0.15, -0.1) is 0 Å². The number of hydrogen-bond acceptors (Lipinski definition) is 2. The zero-order valence-electron chi connectivity index (χ0n) is 9.91. The largest absolute Gasteiger partial charge is 0.366 e. The summed E-state index contributed by atoms with van der Waals surface area (Å²) in [6.45, 7) is 5.90. The molecule has 1 aromatic rings. The van der Waals surface area contributed by atoms with Crippen LogP contribution in [0.15, 0.2) is 18.2 Å². The summed E-state index contributed by atoms with van der Waals surface area (Å²) in [5.74, 6) is 0.324. The van der Waals surface area contributed by atoms with Crippen molar-refractivity contribution in [2.45, 2.75) is 26.3 Å². The highest BCUT2D eigenvalue weighted by Crippen LogP contribution is 2.31. The highest BCUT2D eigenvalue weighted by Gasteiger charge is 2.27. The monoisotopic (exact) mass is 222 g/mol. The maximum absolute atomic E-state index is 13.2. The maximum atomic E-state index is 13.2. The van der Waals surface area contributed by atoms with Crippen LogP contribution in [0.1, 0.15) is 19.4 Å². The first-order valence-corrected chi connectivity index (χ1v) is 5.88. The second-order valence-corrected chi connectivity index (χ2v) is 4.76. The van der Waals surface area contributed by atoms with E-state index in [2.05, 4.69) is 18.7 Å². The summed E-state index contributed by atoms with van der Waals surface area (Å²) in [5, 5.41) is 0. The number of rotatable bonds is 3. The minimum absolute atomic E-state index is 0.162. The lowest BCUT2D eigenvalue weighted by molar-refractivity contribution is 0.468. The van der Waals surface area contributed by atoms with Gasteiger partial charge in [-0.3, -0.25) is 0 Å². The van der Waals surface area contributed by atoms with E-state index in [1.165, 1.54) is 11.6 Å². The van der Waals surface area contributed by atoms with Crippen molar-refractivity contribution in [3.63, 3.8) is 0 Å². The number of hydrogen-bond donors (Lipinski definition) is 1. The van der Waals surface area contributed by atoms with Crippen molar-refractivity contribution in [3.8, 4) is 0 Å². The molecule has 0 spiro atoms. The first-order valence-electron chi connectivity index (χ1n) is 5.88. The van der Waals surface area contributed by atoms with Crippen LogP contribution in [0.4, 0.5) is 10.1 Å². The van der Waals surface area contributed by atoms with Crippen LogP contribution in [0, 0.1) is 11.7 Å². The normalized spacial score (nSPS) is 16.7. The molecule has 1 unspecified atom stereocenters. The molecule has 1 atom stereocenters. The molecule has 0 amide bonds. The van der Waals surface area contributed by atoms with Gasteiger partial charge in [-0.05, 0) is 30.0 Å². The van der Waals surface area contributed by atoms with Gasteiger partial charge in [0.25, 0.3) is 0 Å². The molecule has 0 saturated heterocycles. The van der Waals surface area contributed by atoms with Crippen molar-refractivity contribution in [1.29, 1.82) is 0 Å². The molecule has 2 rings (SSSR count). The van der Waals surface area contributed by atoms with Crippen molar-refractivity contribution in [3.05, 3.63) is 29.6 Å². The Balaban J connectivity index is 2.31. The van der Waals surface area contributed by atoms with Crippen molar-refractivity contribution in [2.24, 2.45) is 11.7 Å². The van der Waals surface area contributed by atoms with Gasteiger partial charge < -0.3 is 10.6 Å². The summed E-state index contributed by atoms with van der Waals surface area (Å²) in [5.41, 5.74) is 8.08. The Bertz CT molecular complexity index is 376. The molecule has 16 heavy (non-hydrogen) atoms. The van der Waals surface area contributed by atoms with Gasteiger partial charge in [0.2, 0.25) is 0 Å². The van der Waals surface area contributed by atoms with Crippen LogP contribution in [-0.2, 0) is 6.42 Å². The Hall–Kier alpha value is -1.09. The van der Waals surface area contributed by atoms with Gasteiger partial charge in [0.05, 0.1) is 0 Å². The first kappa shape index (κ1) is 11.4. The fourth-order valence-electron chi connectivity index (χ4n) is 2.48. The predicted octanol–water partition coefficient (Wildman–Crippen LogP) is 2.17. The van der Waals surface area contributed by atoms with Crippen LogP contribution in [-0.4, -0.2) is 19.1 Å². The average molecular weight is 222 g/mol. The second-order valence-electron chi connectivity index (χ2n) is 4.76. The number of anilines is 1. The van der Waals surface area contributed by atoms with Crippen LogP contribution >= 0.6 is 0 Å². The van der Waals surface area contributed by atoms with Crippen LogP contribution in [0.5, 0.6) is 0 Å². The Kier molecular flexibility index (Phi) is 3.15. The van der Waals surface area contributed by atoms with Gasteiger partial charge in [-0.2, -0.15) is 0 Å². The lowest BCUT2D eigenvalue weighted by Gasteiger charge is -2.32. The van der Waals surface area contributed by atoms with Crippen molar-refractivity contribution in [2.75, 3.05) is 18.0 Å². The Morgan fingerprint density at radius 1 is 1.44 bits per heavy atom. The molecule has 0 fully saturated rings. The summed E-state index contributed by atoms with van der Waals surface area (Å²) < 4.78 is 13.2. The van der Waals surface area contributed by atoms with Crippen molar-refractivity contribution < 1.29 is 4.39 Å². The topological polar surface area (TPSA) is 29.3 Å². The lowest BCUT2D eigenvalue weighted by atomic mass is 10.0. The molecule has 0 saturated carbocycles. The number of halogens is 1. The van der Waals surface area contributed by atoms with Crippen molar-refractivity contribution in [1.82, 2.24) is 0 Å². The van der Waals surface area contributed by atoms with Gasteiger partial charge >= 0.3 is 0 Å². The smallest absolute Gasteiger partial charge is 0.125 e. The molecule has 1 aliphatic rings. The first-order chi connectivity index (χ1) is 7.63. The molecular formula is C13H19FN2. The summed E-state index contributed by atoms with van der Waals surface area (Å²) >= 11 is 0. The summed E-state index contributed by atoms with van der Waals surface area (Å²) in [6.07, 6.45) is 0.999. The van der Waals surface area contributed by atoms with E-state index in [0.29, 0.717) is 18.5 Å². The Labute approximate surface area is 96.2 Å². The highest BCUT2D eigenvalue weighted by atomic mass is 19.1. The zero-order valence-corrected chi connectivity index (χ0v) is 9.91. The zero-order chi connectivity index (χ0) is 11.7. The molecule has 2 nitrogen and oxygen atoms in total. The minimum Gasteiger partial charge on any atom is -0.366 e. The lowest BCUT2D eigenvalue weighted by Crippen LogP contribution is -2.43. The van der Waals surface area contributed by atoms with Gasteiger partial charge in [0, 0.05) is 24.8 Å². The van der Waals surface area contributed by atoms with Crippen LogP contribution < -0.4 is 10.6 Å². The molecule has 1 aromatic carbocycles. The average Bonchev–Trinajstić information content (AvgIpc) is 2.62. The summed E-state index contributed by atoms with van der Waals surface area (Å²) in [7, 11) is 0.